The van der Waals surface area contributed by atoms with E-state index in [1.165, 1.54) is 18.2 Å². The normalized spacial score (nSPS) is 10.3. The Morgan fingerprint density at radius 2 is 1.79 bits per heavy atom. The largest absolute Gasteiger partial charge is 0.319 e. The Balaban J connectivity index is 2.28. The topological polar surface area (TPSA) is 29.1 Å². The number of rotatable bonds is 2. The van der Waals surface area contributed by atoms with Crippen molar-refractivity contribution in [3.8, 4) is 0 Å². The fraction of sp³-hybridized carbons (Fsp3) is 0. The lowest BCUT2D eigenvalue weighted by Gasteiger charge is -2.07. The molecular formula is C13H7BrF3NO. The third-order valence-electron chi connectivity index (χ3n) is 2.38. The van der Waals surface area contributed by atoms with Crippen molar-refractivity contribution in [2.75, 3.05) is 5.32 Å². The zero-order valence-corrected chi connectivity index (χ0v) is 11.0. The molecule has 19 heavy (non-hydrogen) atoms. The van der Waals surface area contributed by atoms with Gasteiger partial charge in [0.15, 0.2) is 11.6 Å². The molecule has 1 amide bonds. The van der Waals surface area contributed by atoms with Crippen LogP contribution in [0.25, 0.3) is 0 Å². The van der Waals surface area contributed by atoms with Gasteiger partial charge in [-0.15, -0.1) is 0 Å². The summed E-state index contributed by atoms with van der Waals surface area (Å²) in [6, 6.07) is 7.19. The lowest BCUT2D eigenvalue weighted by Crippen LogP contribution is -2.15. The number of halogens is 4. The van der Waals surface area contributed by atoms with Crippen LogP contribution in [-0.4, -0.2) is 5.91 Å². The predicted molar refractivity (Wildman–Crippen MR) is 68.4 cm³/mol. The van der Waals surface area contributed by atoms with Crippen LogP contribution in [0.1, 0.15) is 10.4 Å². The first-order valence-corrected chi connectivity index (χ1v) is 5.99. The first-order chi connectivity index (χ1) is 8.99. The molecule has 0 atom stereocenters. The molecule has 1 N–H and O–H groups in total. The molecule has 0 saturated carbocycles. The van der Waals surface area contributed by atoms with E-state index in [-0.39, 0.29) is 5.69 Å². The van der Waals surface area contributed by atoms with E-state index in [0.29, 0.717) is 4.47 Å². The highest BCUT2D eigenvalue weighted by atomic mass is 79.9. The number of hydrogen-bond acceptors (Lipinski definition) is 1. The second-order valence-corrected chi connectivity index (χ2v) is 4.60. The summed E-state index contributed by atoms with van der Waals surface area (Å²) < 4.78 is 40.4. The average Bonchev–Trinajstić information content (AvgIpc) is 2.36. The molecule has 0 aliphatic rings. The van der Waals surface area contributed by atoms with Crippen molar-refractivity contribution in [3.05, 3.63) is 63.9 Å². The van der Waals surface area contributed by atoms with Crippen LogP contribution in [0.15, 0.2) is 40.9 Å². The van der Waals surface area contributed by atoms with E-state index in [4.69, 9.17) is 0 Å². The molecule has 2 nitrogen and oxygen atoms in total. The number of carbonyl (C=O) groups excluding carboxylic acids is 1. The average molecular weight is 330 g/mol. The molecule has 0 aliphatic carbocycles. The fourth-order valence-corrected chi connectivity index (χ4v) is 1.79. The van der Waals surface area contributed by atoms with Gasteiger partial charge >= 0.3 is 0 Å². The standard InChI is InChI=1S/C13H7BrF3NO/c14-7-4-5-11(10(16)6-7)18-13(19)8-2-1-3-9(15)12(8)17/h1-6H,(H,18,19). The highest BCUT2D eigenvalue weighted by Crippen LogP contribution is 2.20. The van der Waals surface area contributed by atoms with Crippen molar-refractivity contribution in [3.63, 3.8) is 0 Å². The van der Waals surface area contributed by atoms with Crippen LogP contribution in [0.2, 0.25) is 0 Å². The Morgan fingerprint density at radius 3 is 2.47 bits per heavy atom. The van der Waals surface area contributed by atoms with E-state index < -0.39 is 28.9 Å². The zero-order valence-electron chi connectivity index (χ0n) is 9.38. The van der Waals surface area contributed by atoms with Gasteiger partial charge in [-0.1, -0.05) is 22.0 Å². The Labute approximate surface area is 115 Å². The van der Waals surface area contributed by atoms with Gasteiger partial charge < -0.3 is 5.32 Å². The van der Waals surface area contributed by atoms with Gasteiger partial charge in [-0.05, 0) is 30.3 Å². The van der Waals surface area contributed by atoms with Crippen LogP contribution >= 0.6 is 15.9 Å². The van der Waals surface area contributed by atoms with Gasteiger partial charge in [0, 0.05) is 4.47 Å². The molecule has 0 spiro atoms. The zero-order chi connectivity index (χ0) is 14.0. The minimum absolute atomic E-state index is 0.114. The minimum Gasteiger partial charge on any atom is -0.319 e. The maximum absolute atomic E-state index is 13.5. The molecule has 0 fully saturated rings. The molecule has 0 unspecified atom stereocenters. The van der Waals surface area contributed by atoms with Crippen LogP contribution in [0.5, 0.6) is 0 Å². The number of amides is 1. The smallest absolute Gasteiger partial charge is 0.258 e. The van der Waals surface area contributed by atoms with E-state index >= 15 is 0 Å². The van der Waals surface area contributed by atoms with E-state index in [2.05, 4.69) is 21.2 Å². The molecule has 0 aromatic heterocycles. The van der Waals surface area contributed by atoms with Gasteiger partial charge in [0.1, 0.15) is 5.82 Å². The van der Waals surface area contributed by atoms with E-state index in [0.717, 1.165) is 18.2 Å². The Hall–Kier alpha value is -1.82. The van der Waals surface area contributed by atoms with Crippen LogP contribution in [0.3, 0.4) is 0 Å². The Morgan fingerprint density at radius 1 is 1.05 bits per heavy atom. The molecule has 6 heteroatoms. The van der Waals surface area contributed by atoms with E-state index in [1.54, 1.807) is 0 Å². The summed E-state index contributed by atoms with van der Waals surface area (Å²) in [7, 11) is 0. The maximum atomic E-state index is 13.5. The summed E-state index contributed by atoms with van der Waals surface area (Å²) >= 11 is 3.07. The first kappa shape index (κ1) is 13.6. The van der Waals surface area contributed by atoms with Gasteiger partial charge in [-0.2, -0.15) is 0 Å². The van der Waals surface area contributed by atoms with Crippen LogP contribution in [0.4, 0.5) is 18.9 Å². The molecular weight excluding hydrogens is 323 g/mol. The summed E-state index contributed by atoms with van der Waals surface area (Å²) in [5.74, 6) is -4.00. The summed E-state index contributed by atoms with van der Waals surface area (Å²) in [4.78, 5) is 11.7. The predicted octanol–water partition coefficient (Wildman–Crippen LogP) is 4.12. The minimum atomic E-state index is -1.27. The van der Waals surface area contributed by atoms with Crippen molar-refractivity contribution < 1.29 is 18.0 Å². The number of anilines is 1. The van der Waals surface area contributed by atoms with E-state index in [9.17, 15) is 18.0 Å². The number of nitrogens with one attached hydrogen (secondary N) is 1. The monoisotopic (exact) mass is 329 g/mol. The molecule has 2 rings (SSSR count). The molecule has 0 bridgehead atoms. The highest BCUT2D eigenvalue weighted by Gasteiger charge is 2.16. The molecule has 0 radical (unpaired) electrons. The van der Waals surface area contributed by atoms with Crippen molar-refractivity contribution >= 4 is 27.5 Å². The lowest BCUT2D eigenvalue weighted by molar-refractivity contribution is 0.102. The molecule has 2 aromatic carbocycles. The van der Waals surface area contributed by atoms with Crippen molar-refractivity contribution in [1.29, 1.82) is 0 Å². The first-order valence-electron chi connectivity index (χ1n) is 5.19. The Kier molecular flexibility index (Phi) is 3.90. The third-order valence-corrected chi connectivity index (χ3v) is 2.87. The SMILES string of the molecule is O=C(Nc1ccc(Br)cc1F)c1cccc(F)c1F. The quantitative estimate of drug-likeness (QED) is 0.882. The maximum Gasteiger partial charge on any atom is 0.258 e. The highest BCUT2D eigenvalue weighted by molar-refractivity contribution is 9.10. The van der Waals surface area contributed by atoms with Gasteiger partial charge in [-0.25, -0.2) is 13.2 Å². The second kappa shape index (κ2) is 5.44. The number of benzene rings is 2. The number of carbonyl (C=O) groups is 1. The van der Waals surface area contributed by atoms with Gasteiger partial charge in [0.05, 0.1) is 11.3 Å². The number of hydrogen-bond donors (Lipinski definition) is 1. The summed E-state index contributed by atoms with van der Waals surface area (Å²) in [5.41, 5.74) is -0.598. The molecule has 0 saturated heterocycles. The van der Waals surface area contributed by atoms with Gasteiger partial charge in [0.2, 0.25) is 0 Å². The lowest BCUT2D eigenvalue weighted by atomic mass is 10.2. The summed E-state index contributed by atoms with van der Waals surface area (Å²) in [5, 5.41) is 2.18. The second-order valence-electron chi connectivity index (χ2n) is 3.68. The fourth-order valence-electron chi connectivity index (χ4n) is 1.46. The molecule has 0 aliphatic heterocycles. The van der Waals surface area contributed by atoms with Crippen molar-refractivity contribution in [1.82, 2.24) is 0 Å². The summed E-state index contributed by atoms with van der Waals surface area (Å²) in [6.07, 6.45) is 0. The van der Waals surface area contributed by atoms with Crippen LogP contribution < -0.4 is 5.32 Å². The van der Waals surface area contributed by atoms with Crippen LogP contribution in [-0.2, 0) is 0 Å². The molecule has 0 heterocycles. The molecule has 2 aromatic rings. The van der Waals surface area contributed by atoms with Gasteiger partial charge in [-0.3, -0.25) is 4.79 Å². The van der Waals surface area contributed by atoms with Crippen molar-refractivity contribution in [2.45, 2.75) is 0 Å². The summed E-state index contributed by atoms with van der Waals surface area (Å²) in [6.45, 7) is 0. The Bertz CT molecular complexity index is 646. The van der Waals surface area contributed by atoms with E-state index in [1.807, 2.05) is 0 Å². The molecule has 98 valence electrons. The van der Waals surface area contributed by atoms with Crippen molar-refractivity contribution in [2.24, 2.45) is 0 Å². The van der Waals surface area contributed by atoms with Gasteiger partial charge in [0.25, 0.3) is 5.91 Å². The van der Waals surface area contributed by atoms with Crippen LogP contribution in [0, 0.1) is 17.5 Å². The third kappa shape index (κ3) is 2.96.